The first-order valence-corrected chi connectivity index (χ1v) is 11.6. The predicted octanol–water partition coefficient (Wildman–Crippen LogP) is 4.99. The summed E-state index contributed by atoms with van der Waals surface area (Å²) >= 11 is 5.95. The Bertz CT molecular complexity index is 1150. The Kier molecular flexibility index (Phi) is 7.50. The molecule has 0 bridgehead atoms. The normalized spacial score (nSPS) is 15.5. The van der Waals surface area contributed by atoms with Gasteiger partial charge in [0.2, 0.25) is 0 Å². The van der Waals surface area contributed by atoms with Gasteiger partial charge < -0.3 is 15.0 Å². The summed E-state index contributed by atoms with van der Waals surface area (Å²) in [5.74, 6) is -0.0805. The number of halogens is 1. The second kappa shape index (κ2) is 10.7. The lowest BCUT2D eigenvalue weighted by atomic mass is 10.0. The van der Waals surface area contributed by atoms with Crippen molar-refractivity contribution < 1.29 is 14.3 Å². The Morgan fingerprint density at radius 1 is 1.06 bits per heavy atom. The molecule has 0 saturated carbocycles. The molecule has 1 aliphatic rings. The minimum absolute atomic E-state index is 0.0805. The number of carbonyl (C=O) groups is 2. The van der Waals surface area contributed by atoms with Crippen molar-refractivity contribution in [1.29, 1.82) is 0 Å². The van der Waals surface area contributed by atoms with Crippen molar-refractivity contribution in [1.82, 2.24) is 15.1 Å². The van der Waals surface area contributed by atoms with Crippen LogP contribution in [0.15, 0.2) is 72.8 Å². The van der Waals surface area contributed by atoms with Crippen LogP contribution in [0.25, 0.3) is 11.1 Å². The Labute approximate surface area is 205 Å². The fourth-order valence-electron chi connectivity index (χ4n) is 3.85. The molecular weight excluding hydrogens is 450 g/mol. The van der Waals surface area contributed by atoms with E-state index in [9.17, 15) is 9.59 Å². The van der Waals surface area contributed by atoms with Crippen molar-refractivity contribution >= 4 is 23.6 Å². The number of likely N-dealkylation sites (N-methyl/N-ethyl adjacent to an activating group) is 1. The summed E-state index contributed by atoms with van der Waals surface area (Å²) in [4.78, 5) is 28.5. The van der Waals surface area contributed by atoms with Gasteiger partial charge in [-0.05, 0) is 60.6 Å². The maximum atomic E-state index is 12.4. The van der Waals surface area contributed by atoms with Crippen LogP contribution >= 0.6 is 11.6 Å². The first kappa shape index (κ1) is 23.8. The van der Waals surface area contributed by atoms with Gasteiger partial charge in [-0.25, -0.2) is 4.79 Å². The number of nitrogens with zero attached hydrogens (tertiary/aromatic N) is 2. The molecule has 2 amide bonds. The van der Waals surface area contributed by atoms with E-state index < -0.39 is 0 Å². The van der Waals surface area contributed by atoms with E-state index in [0.29, 0.717) is 30.2 Å². The van der Waals surface area contributed by atoms with Gasteiger partial charge in [0, 0.05) is 30.2 Å². The van der Waals surface area contributed by atoms with Crippen LogP contribution < -0.4 is 5.32 Å². The third-order valence-electron chi connectivity index (χ3n) is 5.76. The van der Waals surface area contributed by atoms with Crippen LogP contribution in [0.2, 0.25) is 5.02 Å². The van der Waals surface area contributed by atoms with Gasteiger partial charge in [0.15, 0.2) is 0 Å². The molecule has 0 aliphatic carbocycles. The monoisotopic (exact) mass is 477 g/mol. The molecule has 1 fully saturated rings. The highest BCUT2D eigenvalue weighted by atomic mass is 35.5. The molecular formula is C27H28ClN3O3. The minimum atomic E-state index is -0.322. The van der Waals surface area contributed by atoms with E-state index >= 15 is 0 Å². The molecule has 34 heavy (non-hydrogen) atoms. The molecule has 4 rings (SSSR count). The molecule has 6 nitrogen and oxygen atoms in total. The third kappa shape index (κ3) is 5.95. The third-order valence-corrected chi connectivity index (χ3v) is 6.01. The molecule has 1 N–H and O–H groups in total. The van der Waals surface area contributed by atoms with Gasteiger partial charge in [-0.1, -0.05) is 60.1 Å². The Morgan fingerprint density at radius 3 is 2.50 bits per heavy atom. The molecule has 1 atom stereocenters. The van der Waals surface area contributed by atoms with Crippen molar-refractivity contribution in [3.05, 3.63) is 94.5 Å². The molecule has 3 aromatic carbocycles. The molecule has 0 aromatic heterocycles. The van der Waals surface area contributed by atoms with Crippen LogP contribution in [0.5, 0.6) is 0 Å². The number of hydrogen-bond donors (Lipinski definition) is 1. The number of amides is 2. The number of benzene rings is 3. The number of carbonyl (C=O) groups excluding carboxylic acids is 2. The summed E-state index contributed by atoms with van der Waals surface area (Å²) in [5, 5.41) is 3.60. The summed E-state index contributed by atoms with van der Waals surface area (Å²) in [6, 6.07) is 23.0. The number of nitrogens with one attached hydrogen (secondary N) is 1. The average molecular weight is 478 g/mol. The highest BCUT2D eigenvalue weighted by molar-refractivity contribution is 6.30. The predicted molar refractivity (Wildman–Crippen MR) is 134 cm³/mol. The quantitative estimate of drug-likeness (QED) is 0.496. The Hall–Kier alpha value is -3.35. The molecule has 0 radical (unpaired) electrons. The van der Waals surface area contributed by atoms with E-state index in [1.165, 1.54) is 0 Å². The van der Waals surface area contributed by atoms with Gasteiger partial charge in [-0.3, -0.25) is 9.69 Å². The van der Waals surface area contributed by atoms with Crippen LogP contribution in [0.1, 0.15) is 27.6 Å². The molecule has 1 heterocycles. The van der Waals surface area contributed by atoms with Crippen LogP contribution in [0, 0.1) is 0 Å². The Morgan fingerprint density at radius 2 is 1.79 bits per heavy atom. The molecule has 0 spiro atoms. The minimum Gasteiger partial charge on any atom is -0.439 e. The zero-order valence-electron chi connectivity index (χ0n) is 19.3. The lowest BCUT2D eigenvalue weighted by Gasteiger charge is -2.14. The maximum absolute atomic E-state index is 12.4. The fraction of sp³-hybridized carbons (Fsp3) is 0.259. The van der Waals surface area contributed by atoms with Crippen LogP contribution in [0.4, 0.5) is 4.79 Å². The highest BCUT2D eigenvalue weighted by Gasteiger charge is 2.32. The molecule has 1 saturated heterocycles. The number of hydrogen-bond acceptors (Lipinski definition) is 4. The van der Waals surface area contributed by atoms with E-state index in [0.717, 1.165) is 28.8 Å². The zero-order chi connectivity index (χ0) is 24.1. The number of rotatable bonds is 8. The second-order valence-electron chi connectivity index (χ2n) is 8.64. The Balaban J connectivity index is 1.38. The van der Waals surface area contributed by atoms with Gasteiger partial charge in [0.1, 0.15) is 6.10 Å². The maximum Gasteiger partial charge on any atom is 0.410 e. The van der Waals surface area contributed by atoms with Gasteiger partial charge in [0.05, 0.1) is 6.54 Å². The van der Waals surface area contributed by atoms with Crippen LogP contribution in [-0.4, -0.2) is 55.5 Å². The molecule has 1 aliphatic heterocycles. The summed E-state index contributed by atoms with van der Waals surface area (Å²) < 4.78 is 5.55. The largest absolute Gasteiger partial charge is 0.439 e. The van der Waals surface area contributed by atoms with Gasteiger partial charge >= 0.3 is 6.09 Å². The first-order chi connectivity index (χ1) is 16.4. The van der Waals surface area contributed by atoms with Crippen molar-refractivity contribution in [2.24, 2.45) is 0 Å². The highest BCUT2D eigenvalue weighted by Crippen LogP contribution is 2.29. The summed E-state index contributed by atoms with van der Waals surface area (Å²) in [7, 11) is 3.95. The standard InChI is InChI=1S/C27H28ClN3O3/c1-30(2)15-14-29-26(32)23-5-3-4-22(16-23)20-8-6-19(7-9-20)17-31-18-25(34-27(31)33)21-10-12-24(28)13-11-21/h3-13,16,25H,14-15,17-18H2,1-2H3,(H,29,32). The van der Waals surface area contributed by atoms with Crippen molar-refractivity contribution in [3.63, 3.8) is 0 Å². The van der Waals surface area contributed by atoms with E-state index in [-0.39, 0.29) is 18.1 Å². The molecule has 176 valence electrons. The fourth-order valence-corrected chi connectivity index (χ4v) is 3.97. The van der Waals surface area contributed by atoms with Crippen LogP contribution in [-0.2, 0) is 11.3 Å². The molecule has 7 heteroatoms. The lowest BCUT2D eigenvalue weighted by molar-refractivity contribution is 0.0951. The van der Waals surface area contributed by atoms with Gasteiger partial charge in [-0.2, -0.15) is 0 Å². The zero-order valence-corrected chi connectivity index (χ0v) is 20.1. The van der Waals surface area contributed by atoms with E-state index in [1.54, 1.807) is 17.0 Å². The van der Waals surface area contributed by atoms with E-state index in [4.69, 9.17) is 16.3 Å². The van der Waals surface area contributed by atoms with Gasteiger partial charge in [0.25, 0.3) is 5.91 Å². The van der Waals surface area contributed by atoms with E-state index in [1.807, 2.05) is 79.7 Å². The van der Waals surface area contributed by atoms with Gasteiger partial charge in [-0.15, -0.1) is 0 Å². The van der Waals surface area contributed by atoms with Crippen molar-refractivity contribution in [3.8, 4) is 11.1 Å². The van der Waals surface area contributed by atoms with Crippen LogP contribution in [0.3, 0.4) is 0 Å². The number of cyclic esters (lactones) is 1. The molecule has 3 aromatic rings. The smallest absolute Gasteiger partial charge is 0.410 e. The topological polar surface area (TPSA) is 61.9 Å². The van der Waals surface area contributed by atoms with Crippen molar-refractivity contribution in [2.45, 2.75) is 12.6 Å². The SMILES string of the molecule is CN(C)CCNC(=O)c1cccc(-c2ccc(CN3CC(c4ccc(Cl)cc4)OC3=O)cc2)c1. The second-order valence-corrected chi connectivity index (χ2v) is 9.08. The average Bonchev–Trinajstić information content (AvgIpc) is 3.19. The van der Waals surface area contributed by atoms with Crippen molar-refractivity contribution in [2.75, 3.05) is 33.7 Å². The summed E-state index contributed by atoms with van der Waals surface area (Å²) in [5.41, 5.74) is 4.55. The van der Waals surface area contributed by atoms with E-state index in [2.05, 4.69) is 5.32 Å². The lowest BCUT2D eigenvalue weighted by Crippen LogP contribution is -2.31. The number of ether oxygens (including phenoxy) is 1. The first-order valence-electron chi connectivity index (χ1n) is 11.2. The summed E-state index contributed by atoms with van der Waals surface area (Å²) in [6.07, 6.45) is -0.618. The molecule has 1 unspecified atom stereocenters. The summed E-state index contributed by atoms with van der Waals surface area (Å²) in [6.45, 7) is 2.35.